The summed E-state index contributed by atoms with van der Waals surface area (Å²) >= 11 is 0. The Morgan fingerprint density at radius 3 is 2.67 bits per heavy atom. The Labute approximate surface area is 59.5 Å². The summed E-state index contributed by atoms with van der Waals surface area (Å²) in [5.74, 6) is -0.384. The van der Waals surface area contributed by atoms with Crippen LogP contribution in [0.1, 0.15) is 0 Å². The standard InChI is InChI=1S/CHN5O2.Cu/c7-6(8)1-2-4-5-3-1;/h(H,2,3,4,5);/q;+1/p+1. The van der Waals surface area contributed by atoms with Gasteiger partial charge in [0.05, 0.1) is 4.92 Å². The van der Waals surface area contributed by atoms with E-state index in [1.54, 1.807) is 0 Å². The topological polar surface area (TPSA) is 98.9 Å². The van der Waals surface area contributed by atoms with Gasteiger partial charge in [-0.05, 0) is 0 Å². The van der Waals surface area contributed by atoms with E-state index in [0.29, 0.717) is 0 Å². The first kappa shape index (κ1) is 7.99. The smallest absolute Gasteiger partial charge is 0.320 e. The predicted octanol–water partition coefficient (Wildman–Crippen LogP) is -1.48. The van der Waals surface area contributed by atoms with E-state index in [-0.39, 0.29) is 23.0 Å². The third kappa shape index (κ3) is 1.74. The molecular formula is CH2CuN5O2+2. The fourth-order valence-electron chi connectivity index (χ4n) is 0.255. The van der Waals surface area contributed by atoms with E-state index in [2.05, 4.69) is 20.6 Å². The van der Waals surface area contributed by atoms with Crippen LogP contribution in [0.5, 0.6) is 0 Å². The second-order valence-corrected chi connectivity index (χ2v) is 1.02. The molecule has 0 aliphatic heterocycles. The zero-order chi connectivity index (χ0) is 5.98. The molecule has 0 saturated heterocycles. The molecule has 0 spiro atoms. The molecule has 8 heteroatoms. The summed E-state index contributed by atoms with van der Waals surface area (Å²) in [7, 11) is 0. The number of nitrogens with zero attached hydrogens (tertiary/aromatic N) is 3. The molecule has 0 aliphatic carbocycles. The number of rotatable bonds is 1. The number of H-pyrrole nitrogens is 2. The number of tetrazole rings is 1. The van der Waals surface area contributed by atoms with Gasteiger partial charge in [-0.3, -0.25) is 0 Å². The van der Waals surface area contributed by atoms with Crippen LogP contribution in [0.3, 0.4) is 0 Å². The molecule has 1 heterocycles. The van der Waals surface area contributed by atoms with Crippen molar-refractivity contribution in [1.82, 2.24) is 15.5 Å². The van der Waals surface area contributed by atoms with Gasteiger partial charge in [0.25, 0.3) is 0 Å². The second kappa shape index (κ2) is 3.10. The number of hydrogen-bond acceptors (Lipinski definition) is 4. The molecule has 7 nitrogen and oxygen atoms in total. The molecule has 1 rings (SSSR count). The molecule has 0 amide bonds. The zero-order valence-corrected chi connectivity index (χ0v) is 4.90. The number of nitrogens with one attached hydrogen (secondary N) is 2. The normalized spacial score (nSPS) is 8.00. The Hall–Kier alpha value is -1.01. The Morgan fingerprint density at radius 2 is 2.44 bits per heavy atom. The van der Waals surface area contributed by atoms with Crippen molar-refractivity contribution in [2.75, 3.05) is 0 Å². The van der Waals surface area contributed by atoms with Crippen LogP contribution < -0.4 is 5.10 Å². The minimum atomic E-state index is -0.677. The maximum absolute atomic E-state index is 9.71. The predicted molar refractivity (Wildman–Crippen MR) is 19.6 cm³/mol. The molecule has 0 aliphatic rings. The van der Waals surface area contributed by atoms with Gasteiger partial charge in [-0.25, -0.2) is 0 Å². The van der Waals surface area contributed by atoms with Crippen LogP contribution in [0.15, 0.2) is 0 Å². The molecule has 52 valence electrons. The van der Waals surface area contributed by atoms with E-state index >= 15 is 0 Å². The van der Waals surface area contributed by atoms with Crippen LogP contribution >= 0.6 is 0 Å². The first-order valence-electron chi connectivity index (χ1n) is 1.74. The van der Waals surface area contributed by atoms with Crippen molar-refractivity contribution in [3.8, 4) is 0 Å². The first-order valence-corrected chi connectivity index (χ1v) is 1.74. The minimum Gasteiger partial charge on any atom is -0.320 e. The van der Waals surface area contributed by atoms with Gasteiger partial charge in [0.1, 0.15) is 5.21 Å². The number of aromatic amines is 2. The Balaban J connectivity index is 0.000000640. The SMILES string of the molecule is O=[N+]([O-])c1nn[nH][nH+]1.[Cu+]. The minimum absolute atomic E-state index is 0. The van der Waals surface area contributed by atoms with Crippen LogP contribution in [0, 0.1) is 10.1 Å². The molecular weight excluding hydrogens is 178 g/mol. The summed E-state index contributed by atoms with van der Waals surface area (Å²) in [5.41, 5.74) is 0. The van der Waals surface area contributed by atoms with E-state index in [9.17, 15) is 10.1 Å². The van der Waals surface area contributed by atoms with E-state index < -0.39 is 4.92 Å². The summed E-state index contributed by atoms with van der Waals surface area (Å²) in [6.07, 6.45) is 0. The third-order valence-corrected chi connectivity index (χ3v) is 0.535. The van der Waals surface area contributed by atoms with Gasteiger partial charge in [0.15, 0.2) is 0 Å². The van der Waals surface area contributed by atoms with Crippen molar-refractivity contribution < 1.29 is 27.1 Å². The molecule has 0 atom stereocenters. The number of aromatic nitrogens is 4. The second-order valence-electron chi connectivity index (χ2n) is 1.02. The fourth-order valence-corrected chi connectivity index (χ4v) is 0.255. The van der Waals surface area contributed by atoms with Gasteiger partial charge in [-0.15, -0.1) is 0 Å². The van der Waals surface area contributed by atoms with Crippen molar-refractivity contribution in [1.29, 1.82) is 0 Å². The van der Waals surface area contributed by atoms with Crippen LogP contribution in [0.4, 0.5) is 5.95 Å². The van der Waals surface area contributed by atoms with Crippen molar-refractivity contribution >= 4 is 5.95 Å². The molecule has 2 N–H and O–H groups in total. The molecule has 1 aromatic rings. The summed E-state index contributed by atoms with van der Waals surface area (Å²) in [6.45, 7) is 0. The summed E-state index contributed by atoms with van der Waals surface area (Å²) in [4.78, 5) is 9.04. The van der Waals surface area contributed by atoms with E-state index in [1.807, 2.05) is 0 Å². The molecule has 0 fully saturated rings. The van der Waals surface area contributed by atoms with Crippen LogP contribution in [0.25, 0.3) is 0 Å². The van der Waals surface area contributed by atoms with Gasteiger partial charge in [0, 0.05) is 0 Å². The van der Waals surface area contributed by atoms with Crippen molar-refractivity contribution in [3.05, 3.63) is 10.1 Å². The maximum Gasteiger partial charge on any atom is 1.00 e. The van der Waals surface area contributed by atoms with Gasteiger partial charge >= 0.3 is 23.0 Å². The third-order valence-electron chi connectivity index (χ3n) is 0.535. The first-order chi connectivity index (χ1) is 3.80. The van der Waals surface area contributed by atoms with Crippen molar-refractivity contribution in [2.45, 2.75) is 0 Å². The number of hydrogen-bond donors (Lipinski definition) is 1. The molecule has 0 radical (unpaired) electrons. The van der Waals surface area contributed by atoms with E-state index in [4.69, 9.17) is 0 Å². The van der Waals surface area contributed by atoms with E-state index in [0.717, 1.165) is 0 Å². The van der Waals surface area contributed by atoms with Crippen LogP contribution in [0.2, 0.25) is 0 Å². The molecule has 9 heavy (non-hydrogen) atoms. The Bertz CT molecular complexity index is 183. The molecule has 0 unspecified atom stereocenters. The van der Waals surface area contributed by atoms with E-state index in [1.165, 1.54) is 0 Å². The van der Waals surface area contributed by atoms with Crippen molar-refractivity contribution in [3.63, 3.8) is 0 Å². The quantitative estimate of drug-likeness (QED) is 0.323. The fraction of sp³-hybridized carbons (Fsp3) is 0. The van der Waals surface area contributed by atoms with Gasteiger partial charge in [-0.2, -0.15) is 0 Å². The molecule has 0 bridgehead atoms. The van der Waals surface area contributed by atoms with Gasteiger partial charge < -0.3 is 10.1 Å². The number of nitro groups is 1. The molecule has 0 aromatic carbocycles. The summed E-state index contributed by atoms with van der Waals surface area (Å²) in [5, 5.41) is 20.0. The average molecular weight is 180 g/mol. The Morgan fingerprint density at radius 1 is 1.78 bits per heavy atom. The summed E-state index contributed by atoms with van der Waals surface area (Å²) in [6, 6.07) is 0. The molecule has 1 aromatic heterocycles. The zero-order valence-electron chi connectivity index (χ0n) is 3.96. The monoisotopic (exact) mass is 179 g/mol. The maximum atomic E-state index is 9.71. The summed E-state index contributed by atoms with van der Waals surface area (Å²) < 4.78 is 0. The van der Waals surface area contributed by atoms with Gasteiger partial charge in [-0.1, -0.05) is 10.3 Å². The van der Waals surface area contributed by atoms with Crippen LogP contribution in [-0.2, 0) is 17.1 Å². The average Bonchev–Trinajstić information content (AvgIpc) is 2.12. The largest absolute Gasteiger partial charge is 1.00 e. The Kier molecular flexibility index (Phi) is 2.75. The van der Waals surface area contributed by atoms with Crippen molar-refractivity contribution in [2.24, 2.45) is 0 Å². The van der Waals surface area contributed by atoms with Crippen LogP contribution in [-0.4, -0.2) is 20.4 Å². The van der Waals surface area contributed by atoms with Gasteiger partial charge in [0.2, 0.25) is 5.10 Å². The molecule has 0 saturated carbocycles.